The van der Waals surface area contributed by atoms with Crippen molar-refractivity contribution in [2.75, 3.05) is 4.90 Å². The van der Waals surface area contributed by atoms with Crippen LogP contribution in [-0.4, -0.2) is 6.04 Å². The standard InChI is InChI=1S/C45H37NO/c1-45(2)40-19-8-6-16-37(40)38-27-26-35(29-41(38)45)46(34-15-10-14-32(28-34)30-12-4-3-5-13-30)33-24-22-31(23-25-33)36-18-11-21-43-44(36)39-17-7-9-20-42(39)47-43/h3-24,26-29,33,36,44H,25H2,1-2H3/t33?,36?,44-/m1/s1. The zero-order chi connectivity index (χ0) is 31.5. The molecule has 0 saturated heterocycles. The van der Waals surface area contributed by atoms with Crippen LogP contribution in [-0.2, 0) is 5.41 Å². The molecule has 2 heteroatoms. The van der Waals surface area contributed by atoms with Gasteiger partial charge in [0, 0.05) is 28.3 Å². The van der Waals surface area contributed by atoms with Crippen molar-refractivity contribution >= 4 is 11.4 Å². The van der Waals surface area contributed by atoms with Crippen molar-refractivity contribution in [2.45, 2.75) is 37.6 Å². The van der Waals surface area contributed by atoms with Gasteiger partial charge in [0.1, 0.15) is 11.5 Å². The Morgan fingerprint density at radius 2 is 1.45 bits per heavy atom. The Morgan fingerprint density at radius 1 is 0.681 bits per heavy atom. The number of hydrogen-bond acceptors (Lipinski definition) is 2. The van der Waals surface area contributed by atoms with E-state index in [-0.39, 0.29) is 23.3 Å². The molecule has 47 heavy (non-hydrogen) atoms. The lowest BCUT2D eigenvalue weighted by Crippen LogP contribution is -2.31. The zero-order valence-electron chi connectivity index (χ0n) is 26.8. The first-order valence-electron chi connectivity index (χ1n) is 16.8. The second kappa shape index (κ2) is 10.9. The molecule has 5 aromatic carbocycles. The molecule has 3 atom stereocenters. The predicted octanol–water partition coefficient (Wildman–Crippen LogP) is 11.3. The molecule has 0 fully saturated rings. The number of rotatable bonds is 5. The molecule has 9 rings (SSSR count). The first-order chi connectivity index (χ1) is 23.1. The molecule has 1 heterocycles. The van der Waals surface area contributed by atoms with Gasteiger partial charge in [-0.1, -0.05) is 135 Å². The molecule has 0 aromatic heterocycles. The average Bonchev–Trinajstić information content (AvgIpc) is 3.62. The Labute approximate surface area is 277 Å². The van der Waals surface area contributed by atoms with Crippen LogP contribution in [0.3, 0.4) is 0 Å². The molecule has 3 aliphatic carbocycles. The summed E-state index contributed by atoms with van der Waals surface area (Å²) in [5, 5.41) is 0. The molecular weight excluding hydrogens is 571 g/mol. The minimum atomic E-state index is -0.0623. The average molecular weight is 608 g/mol. The lowest BCUT2D eigenvalue weighted by Gasteiger charge is -2.35. The molecule has 1 aliphatic heterocycles. The van der Waals surface area contributed by atoms with E-state index >= 15 is 0 Å². The second-order valence-corrected chi connectivity index (χ2v) is 13.7. The van der Waals surface area contributed by atoms with E-state index in [9.17, 15) is 0 Å². The number of hydrogen-bond donors (Lipinski definition) is 0. The van der Waals surface area contributed by atoms with Gasteiger partial charge in [0.25, 0.3) is 0 Å². The van der Waals surface area contributed by atoms with E-state index in [2.05, 4.69) is 177 Å². The maximum absolute atomic E-state index is 6.28. The van der Waals surface area contributed by atoms with Gasteiger partial charge < -0.3 is 9.64 Å². The van der Waals surface area contributed by atoms with Crippen molar-refractivity contribution in [3.8, 4) is 28.0 Å². The second-order valence-electron chi connectivity index (χ2n) is 13.7. The fraction of sp³-hybridized carbons (Fsp3) is 0.156. The van der Waals surface area contributed by atoms with Crippen molar-refractivity contribution in [3.05, 3.63) is 186 Å². The number of benzene rings is 5. The zero-order valence-corrected chi connectivity index (χ0v) is 26.8. The number of nitrogens with zero attached hydrogens (tertiary/aromatic N) is 1. The Bertz CT molecular complexity index is 2150. The third-order valence-corrected chi connectivity index (χ3v) is 10.6. The van der Waals surface area contributed by atoms with Gasteiger partial charge >= 0.3 is 0 Å². The minimum Gasteiger partial charge on any atom is -0.461 e. The molecule has 0 radical (unpaired) electrons. The number of ether oxygens (including phenoxy) is 1. The van der Waals surface area contributed by atoms with Crippen LogP contribution in [0.2, 0.25) is 0 Å². The number of fused-ring (bicyclic) bond motifs is 6. The van der Waals surface area contributed by atoms with Crippen LogP contribution in [0.5, 0.6) is 5.75 Å². The highest BCUT2D eigenvalue weighted by molar-refractivity contribution is 5.84. The summed E-state index contributed by atoms with van der Waals surface area (Å²) in [4.78, 5) is 2.55. The maximum Gasteiger partial charge on any atom is 0.130 e. The largest absolute Gasteiger partial charge is 0.461 e. The molecular formula is C45H37NO. The summed E-state index contributed by atoms with van der Waals surface area (Å²) in [6.45, 7) is 4.73. The normalized spacial score (nSPS) is 21.1. The van der Waals surface area contributed by atoms with Gasteiger partial charge in [-0.2, -0.15) is 0 Å². The summed E-state index contributed by atoms with van der Waals surface area (Å²) in [7, 11) is 0. The van der Waals surface area contributed by atoms with Crippen LogP contribution in [0.25, 0.3) is 22.3 Å². The Hall–Kier alpha value is -5.34. The molecule has 2 unspecified atom stereocenters. The molecule has 0 amide bonds. The number of anilines is 2. The molecule has 0 N–H and O–H groups in total. The third kappa shape index (κ3) is 4.54. The molecule has 0 saturated carbocycles. The SMILES string of the molecule is CC1(C)c2ccccc2-c2ccc(N(c3cccc(-c4ccccc4)c3)C3C=CC(C4C=CC=C5Oc6ccccc6[C@H]54)=CC3)cc21. The smallest absolute Gasteiger partial charge is 0.130 e. The van der Waals surface area contributed by atoms with Crippen LogP contribution in [0.15, 0.2) is 169 Å². The van der Waals surface area contributed by atoms with Gasteiger partial charge in [0.15, 0.2) is 0 Å². The first kappa shape index (κ1) is 27.9. The summed E-state index contributed by atoms with van der Waals surface area (Å²) < 4.78 is 6.28. The summed E-state index contributed by atoms with van der Waals surface area (Å²) >= 11 is 0. The van der Waals surface area contributed by atoms with E-state index in [0.717, 1.165) is 17.9 Å². The van der Waals surface area contributed by atoms with Gasteiger partial charge in [-0.05, 0) is 81.8 Å². The molecule has 2 nitrogen and oxygen atoms in total. The summed E-state index contributed by atoms with van der Waals surface area (Å²) in [5.74, 6) is 2.52. The summed E-state index contributed by atoms with van der Waals surface area (Å²) in [6.07, 6.45) is 14.8. The number of allylic oxidation sites excluding steroid dienone is 6. The predicted molar refractivity (Wildman–Crippen MR) is 194 cm³/mol. The van der Waals surface area contributed by atoms with Gasteiger partial charge in [-0.3, -0.25) is 0 Å². The molecule has 0 bridgehead atoms. The highest BCUT2D eigenvalue weighted by Gasteiger charge is 2.39. The minimum absolute atomic E-state index is 0.0623. The van der Waals surface area contributed by atoms with Crippen molar-refractivity contribution in [1.29, 1.82) is 0 Å². The third-order valence-electron chi connectivity index (χ3n) is 10.6. The van der Waals surface area contributed by atoms with Gasteiger partial charge in [-0.15, -0.1) is 0 Å². The van der Waals surface area contributed by atoms with Crippen molar-refractivity contribution in [1.82, 2.24) is 0 Å². The van der Waals surface area contributed by atoms with Gasteiger partial charge in [0.05, 0.1) is 12.0 Å². The fourth-order valence-electron chi connectivity index (χ4n) is 8.27. The number of para-hydroxylation sites is 1. The molecule has 228 valence electrons. The molecule has 5 aromatic rings. The first-order valence-corrected chi connectivity index (χ1v) is 16.8. The van der Waals surface area contributed by atoms with Crippen LogP contribution < -0.4 is 9.64 Å². The highest BCUT2D eigenvalue weighted by Crippen LogP contribution is 2.52. The van der Waals surface area contributed by atoms with E-state index in [1.165, 1.54) is 55.9 Å². The van der Waals surface area contributed by atoms with E-state index in [4.69, 9.17) is 4.74 Å². The molecule has 4 aliphatic rings. The highest BCUT2D eigenvalue weighted by atomic mass is 16.5. The van der Waals surface area contributed by atoms with E-state index < -0.39 is 0 Å². The summed E-state index contributed by atoms with van der Waals surface area (Å²) in [5.41, 5.74) is 13.0. The van der Waals surface area contributed by atoms with Gasteiger partial charge in [0.2, 0.25) is 0 Å². The topological polar surface area (TPSA) is 12.5 Å². The summed E-state index contributed by atoms with van der Waals surface area (Å²) in [6, 6.07) is 44.4. The quantitative estimate of drug-likeness (QED) is 0.197. The van der Waals surface area contributed by atoms with Crippen LogP contribution in [0, 0.1) is 5.92 Å². The van der Waals surface area contributed by atoms with Gasteiger partial charge in [-0.25, -0.2) is 0 Å². The lowest BCUT2D eigenvalue weighted by molar-refractivity contribution is 0.409. The van der Waals surface area contributed by atoms with Crippen molar-refractivity contribution < 1.29 is 4.74 Å². The lowest BCUT2D eigenvalue weighted by atomic mass is 9.76. The fourth-order valence-corrected chi connectivity index (χ4v) is 8.27. The Morgan fingerprint density at radius 3 is 2.32 bits per heavy atom. The monoisotopic (exact) mass is 607 g/mol. The van der Waals surface area contributed by atoms with E-state index in [1.807, 2.05) is 0 Å². The Kier molecular flexibility index (Phi) is 6.47. The van der Waals surface area contributed by atoms with Crippen molar-refractivity contribution in [2.24, 2.45) is 5.92 Å². The van der Waals surface area contributed by atoms with Crippen LogP contribution >= 0.6 is 0 Å². The van der Waals surface area contributed by atoms with E-state index in [1.54, 1.807) is 0 Å². The van der Waals surface area contributed by atoms with Crippen LogP contribution in [0.4, 0.5) is 11.4 Å². The van der Waals surface area contributed by atoms with Crippen molar-refractivity contribution in [3.63, 3.8) is 0 Å². The Balaban J connectivity index is 1.10. The van der Waals surface area contributed by atoms with E-state index in [0.29, 0.717) is 0 Å². The maximum atomic E-state index is 6.28. The molecule has 0 spiro atoms. The van der Waals surface area contributed by atoms with Crippen LogP contribution in [0.1, 0.15) is 42.9 Å².